The molecule has 116 valence electrons. The largest absolute Gasteiger partial charge is 0.466 e. The minimum Gasteiger partial charge on any atom is -0.466 e. The van der Waals surface area contributed by atoms with Crippen molar-refractivity contribution in [2.24, 2.45) is 11.7 Å². The molecule has 0 aromatic heterocycles. The molecule has 1 fully saturated rings. The van der Waals surface area contributed by atoms with Crippen LogP contribution in [0, 0.1) is 11.7 Å². The molecule has 2 rings (SSSR count). The maximum Gasteiger partial charge on any atom is 0.310 e. The lowest BCUT2D eigenvalue weighted by atomic mass is 9.97. The smallest absolute Gasteiger partial charge is 0.310 e. The zero-order valence-corrected chi connectivity index (χ0v) is 12.5. The van der Waals surface area contributed by atoms with Crippen molar-refractivity contribution in [1.29, 1.82) is 0 Å². The number of carbonyl (C=O) groups excluding carboxylic acids is 1. The van der Waals surface area contributed by atoms with Gasteiger partial charge >= 0.3 is 5.97 Å². The minimum atomic E-state index is -0.257. The normalized spacial score (nSPS) is 19.5. The predicted octanol–water partition coefficient (Wildman–Crippen LogP) is 2.06. The van der Waals surface area contributed by atoms with Crippen molar-refractivity contribution in [1.82, 2.24) is 4.90 Å². The van der Waals surface area contributed by atoms with Gasteiger partial charge in [0.15, 0.2) is 0 Å². The lowest BCUT2D eigenvalue weighted by Crippen LogP contribution is -2.38. The van der Waals surface area contributed by atoms with E-state index in [2.05, 4.69) is 4.90 Å². The molecule has 21 heavy (non-hydrogen) atoms. The molecule has 1 saturated heterocycles. The summed E-state index contributed by atoms with van der Waals surface area (Å²) in [5.74, 6) is -0.447. The third kappa shape index (κ3) is 4.51. The van der Waals surface area contributed by atoms with Gasteiger partial charge in [-0.05, 0) is 49.6 Å². The van der Waals surface area contributed by atoms with Crippen LogP contribution in [0.1, 0.15) is 30.9 Å². The molecule has 1 aromatic carbocycles. The van der Waals surface area contributed by atoms with E-state index in [9.17, 15) is 9.18 Å². The van der Waals surface area contributed by atoms with Crippen LogP contribution in [-0.2, 0) is 22.6 Å². The first-order chi connectivity index (χ1) is 10.1. The highest BCUT2D eigenvalue weighted by Crippen LogP contribution is 2.20. The van der Waals surface area contributed by atoms with Crippen molar-refractivity contribution in [3.8, 4) is 0 Å². The molecule has 0 saturated carbocycles. The summed E-state index contributed by atoms with van der Waals surface area (Å²) in [6.45, 7) is 4.80. The van der Waals surface area contributed by atoms with E-state index in [1.807, 2.05) is 13.0 Å². The topological polar surface area (TPSA) is 55.6 Å². The Balaban J connectivity index is 1.99. The number of nitrogens with zero attached hydrogens (tertiary/aromatic N) is 1. The molecule has 0 radical (unpaired) electrons. The van der Waals surface area contributed by atoms with Crippen molar-refractivity contribution in [2.75, 3.05) is 19.7 Å². The fourth-order valence-corrected chi connectivity index (χ4v) is 2.84. The lowest BCUT2D eigenvalue weighted by molar-refractivity contribution is -0.150. The van der Waals surface area contributed by atoms with Gasteiger partial charge in [-0.25, -0.2) is 4.39 Å². The molecule has 0 bridgehead atoms. The molecule has 1 atom stereocenters. The number of benzene rings is 1. The van der Waals surface area contributed by atoms with E-state index in [-0.39, 0.29) is 17.7 Å². The molecular formula is C16H23FN2O2. The van der Waals surface area contributed by atoms with Crippen LogP contribution in [0.15, 0.2) is 18.2 Å². The second-order valence-corrected chi connectivity index (χ2v) is 5.50. The van der Waals surface area contributed by atoms with Gasteiger partial charge in [-0.1, -0.05) is 6.07 Å². The number of rotatable bonds is 5. The average Bonchev–Trinajstić information content (AvgIpc) is 2.47. The quantitative estimate of drug-likeness (QED) is 0.845. The van der Waals surface area contributed by atoms with E-state index in [1.54, 1.807) is 0 Å². The fraction of sp³-hybridized carbons (Fsp3) is 0.562. The fourth-order valence-electron chi connectivity index (χ4n) is 2.84. The Bertz CT molecular complexity index is 493. The van der Waals surface area contributed by atoms with Gasteiger partial charge in [0.05, 0.1) is 12.5 Å². The number of halogens is 1. The van der Waals surface area contributed by atoms with E-state index in [0.717, 1.165) is 30.5 Å². The van der Waals surface area contributed by atoms with Gasteiger partial charge in [-0.3, -0.25) is 9.69 Å². The highest BCUT2D eigenvalue weighted by atomic mass is 19.1. The Hall–Kier alpha value is -1.46. The van der Waals surface area contributed by atoms with Crippen LogP contribution < -0.4 is 5.73 Å². The molecule has 2 N–H and O–H groups in total. The Morgan fingerprint density at radius 1 is 1.43 bits per heavy atom. The number of likely N-dealkylation sites (tertiary alicyclic amines) is 1. The number of hydrogen-bond acceptors (Lipinski definition) is 4. The first-order valence-electron chi connectivity index (χ1n) is 7.49. The molecule has 1 unspecified atom stereocenters. The van der Waals surface area contributed by atoms with Crippen LogP contribution in [0.25, 0.3) is 0 Å². The number of nitrogens with two attached hydrogens (primary N) is 1. The first-order valence-corrected chi connectivity index (χ1v) is 7.49. The number of piperidine rings is 1. The predicted molar refractivity (Wildman–Crippen MR) is 78.9 cm³/mol. The zero-order valence-electron chi connectivity index (χ0n) is 12.5. The van der Waals surface area contributed by atoms with Gasteiger partial charge < -0.3 is 10.5 Å². The summed E-state index contributed by atoms with van der Waals surface area (Å²) >= 11 is 0. The van der Waals surface area contributed by atoms with E-state index >= 15 is 0 Å². The summed E-state index contributed by atoms with van der Waals surface area (Å²) < 4.78 is 18.6. The third-order valence-electron chi connectivity index (χ3n) is 3.78. The van der Waals surface area contributed by atoms with Crippen LogP contribution >= 0.6 is 0 Å². The van der Waals surface area contributed by atoms with E-state index < -0.39 is 0 Å². The van der Waals surface area contributed by atoms with Gasteiger partial charge in [0.1, 0.15) is 5.82 Å². The first kappa shape index (κ1) is 15.9. The molecule has 5 heteroatoms. The van der Waals surface area contributed by atoms with Gasteiger partial charge in [-0.2, -0.15) is 0 Å². The second kappa shape index (κ2) is 7.52. The zero-order chi connectivity index (χ0) is 15.2. The monoisotopic (exact) mass is 294 g/mol. The molecule has 0 amide bonds. The van der Waals surface area contributed by atoms with Crippen LogP contribution in [-0.4, -0.2) is 30.6 Å². The highest BCUT2D eigenvalue weighted by Gasteiger charge is 2.26. The Morgan fingerprint density at radius 3 is 2.90 bits per heavy atom. The van der Waals surface area contributed by atoms with Crippen molar-refractivity contribution >= 4 is 5.97 Å². The molecule has 1 heterocycles. The second-order valence-electron chi connectivity index (χ2n) is 5.50. The Labute approximate surface area is 125 Å². The number of esters is 1. The van der Waals surface area contributed by atoms with Crippen LogP contribution in [0.2, 0.25) is 0 Å². The van der Waals surface area contributed by atoms with Crippen LogP contribution in [0.5, 0.6) is 0 Å². The molecule has 1 aliphatic rings. The number of carbonyl (C=O) groups is 1. The van der Waals surface area contributed by atoms with Crippen molar-refractivity contribution < 1.29 is 13.9 Å². The summed E-state index contributed by atoms with van der Waals surface area (Å²) in [6.07, 6.45) is 1.83. The van der Waals surface area contributed by atoms with Crippen LogP contribution in [0.4, 0.5) is 4.39 Å². The summed E-state index contributed by atoms with van der Waals surface area (Å²) in [5, 5.41) is 0. The van der Waals surface area contributed by atoms with Crippen molar-refractivity contribution in [2.45, 2.75) is 32.9 Å². The molecule has 1 aromatic rings. The molecule has 1 aliphatic heterocycles. The summed E-state index contributed by atoms with van der Waals surface area (Å²) in [4.78, 5) is 14.0. The maximum atomic E-state index is 13.5. The van der Waals surface area contributed by atoms with Gasteiger partial charge in [0, 0.05) is 19.6 Å². The Kier molecular flexibility index (Phi) is 5.70. The van der Waals surface area contributed by atoms with Crippen molar-refractivity contribution in [3.05, 3.63) is 35.1 Å². The molecule has 4 nitrogen and oxygen atoms in total. The summed E-state index contributed by atoms with van der Waals surface area (Å²) in [7, 11) is 0. The van der Waals surface area contributed by atoms with Gasteiger partial charge in [-0.15, -0.1) is 0 Å². The van der Waals surface area contributed by atoms with E-state index in [1.165, 1.54) is 12.1 Å². The molecule has 0 aliphatic carbocycles. The molecule has 0 spiro atoms. The number of ether oxygens (including phenoxy) is 1. The van der Waals surface area contributed by atoms with Crippen LogP contribution in [0.3, 0.4) is 0 Å². The third-order valence-corrected chi connectivity index (χ3v) is 3.78. The van der Waals surface area contributed by atoms with Crippen molar-refractivity contribution in [3.63, 3.8) is 0 Å². The summed E-state index contributed by atoms with van der Waals surface area (Å²) in [6, 6.07) is 4.92. The molecular weight excluding hydrogens is 271 g/mol. The van der Waals surface area contributed by atoms with E-state index in [4.69, 9.17) is 10.5 Å². The lowest BCUT2D eigenvalue weighted by Gasteiger charge is -2.31. The maximum absolute atomic E-state index is 13.5. The number of hydrogen-bond donors (Lipinski definition) is 1. The van der Waals surface area contributed by atoms with Gasteiger partial charge in [0.25, 0.3) is 0 Å². The average molecular weight is 294 g/mol. The summed E-state index contributed by atoms with van der Waals surface area (Å²) in [5.41, 5.74) is 7.27. The van der Waals surface area contributed by atoms with Gasteiger partial charge in [0.2, 0.25) is 0 Å². The Morgan fingerprint density at radius 2 is 2.19 bits per heavy atom. The highest BCUT2D eigenvalue weighted by molar-refractivity contribution is 5.72. The standard InChI is InChI=1S/C16H23FN2O2/c1-2-21-16(20)14-4-3-5-19(11-14)10-13-6-12(9-18)7-15(17)8-13/h6-8,14H,2-5,9-11,18H2,1H3. The SMILES string of the molecule is CCOC(=O)C1CCCN(Cc2cc(F)cc(CN)c2)C1. The minimum absolute atomic E-state index is 0.0683. The van der Waals surface area contributed by atoms with E-state index in [0.29, 0.717) is 26.2 Å².